The van der Waals surface area contributed by atoms with Gasteiger partial charge in [0.05, 0.1) is 4.92 Å². The molecule has 0 atom stereocenters. The highest BCUT2D eigenvalue weighted by molar-refractivity contribution is 5.56. The van der Waals surface area contributed by atoms with Gasteiger partial charge in [-0.05, 0) is 36.4 Å². The summed E-state index contributed by atoms with van der Waals surface area (Å²) in [5.74, 6) is 0.664. The van der Waals surface area contributed by atoms with Gasteiger partial charge in [0.25, 0.3) is 11.6 Å². The van der Waals surface area contributed by atoms with Crippen molar-refractivity contribution in [3.8, 4) is 17.1 Å². The first-order valence-corrected chi connectivity index (χ1v) is 6.57. The third-order valence-electron chi connectivity index (χ3n) is 2.98. The molecule has 8 heteroatoms. The van der Waals surface area contributed by atoms with E-state index in [9.17, 15) is 14.5 Å². The van der Waals surface area contributed by atoms with E-state index in [1.807, 2.05) is 0 Å². The van der Waals surface area contributed by atoms with Crippen molar-refractivity contribution in [3.05, 3.63) is 70.4 Å². The third-order valence-corrected chi connectivity index (χ3v) is 2.98. The van der Waals surface area contributed by atoms with Crippen LogP contribution in [0.1, 0.15) is 5.89 Å². The van der Waals surface area contributed by atoms with Gasteiger partial charge in [0.2, 0.25) is 5.82 Å². The van der Waals surface area contributed by atoms with Crippen LogP contribution in [0.4, 0.5) is 10.1 Å². The lowest BCUT2D eigenvalue weighted by Crippen LogP contribution is -1.95. The van der Waals surface area contributed by atoms with Crippen LogP contribution in [-0.4, -0.2) is 15.1 Å². The average molecular weight is 315 g/mol. The van der Waals surface area contributed by atoms with E-state index in [0.717, 1.165) is 0 Å². The number of hydrogen-bond donors (Lipinski definition) is 0. The molecule has 2 aromatic carbocycles. The molecule has 0 saturated heterocycles. The van der Waals surface area contributed by atoms with Crippen molar-refractivity contribution in [1.82, 2.24) is 10.1 Å². The number of nitro groups is 1. The summed E-state index contributed by atoms with van der Waals surface area (Å²) in [6, 6.07) is 11.3. The molecule has 3 aromatic rings. The molecule has 23 heavy (non-hydrogen) atoms. The van der Waals surface area contributed by atoms with Crippen molar-refractivity contribution in [2.24, 2.45) is 0 Å². The van der Waals surface area contributed by atoms with Gasteiger partial charge in [0.15, 0.2) is 6.61 Å². The Morgan fingerprint density at radius 3 is 2.48 bits per heavy atom. The van der Waals surface area contributed by atoms with Crippen LogP contribution < -0.4 is 4.74 Å². The minimum absolute atomic E-state index is 0.0166. The fraction of sp³-hybridized carbons (Fsp3) is 0.0667. The number of benzene rings is 2. The zero-order valence-corrected chi connectivity index (χ0v) is 11.7. The quantitative estimate of drug-likeness (QED) is 0.529. The maximum Gasteiger partial charge on any atom is 0.269 e. The third kappa shape index (κ3) is 3.49. The lowest BCUT2D eigenvalue weighted by atomic mass is 10.2. The summed E-state index contributed by atoms with van der Waals surface area (Å²) in [7, 11) is 0. The number of ether oxygens (including phenoxy) is 1. The van der Waals surface area contributed by atoms with Crippen LogP contribution in [0.2, 0.25) is 0 Å². The maximum absolute atomic E-state index is 12.8. The molecule has 116 valence electrons. The standard InChI is InChI=1S/C15H10FN3O4/c16-11-3-7-13(8-4-11)22-9-14-17-15(18-23-14)10-1-5-12(6-2-10)19(20)21/h1-8H,9H2. The summed E-state index contributed by atoms with van der Waals surface area (Å²) >= 11 is 0. The molecule has 0 saturated carbocycles. The number of nitrogens with zero attached hydrogens (tertiary/aromatic N) is 3. The molecular formula is C15H10FN3O4. The largest absolute Gasteiger partial charge is 0.484 e. The SMILES string of the molecule is O=[N+]([O-])c1ccc(-c2noc(COc3ccc(F)cc3)n2)cc1. The first-order chi connectivity index (χ1) is 11.1. The van der Waals surface area contributed by atoms with Gasteiger partial charge in [-0.3, -0.25) is 10.1 Å². The van der Waals surface area contributed by atoms with Crippen molar-refractivity contribution < 1.29 is 18.6 Å². The Morgan fingerprint density at radius 1 is 1.13 bits per heavy atom. The Labute approximate surface area is 129 Å². The van der Waals surface area contributed by atoms with Crippen molar-refractivity contribution in [2.45, 2.75) is 6.61 Å². The van der Waals surface area contributed by atoms with Gasteiger partial charge in [-0.15, -0.1) is 0 Å². The van der Waals surface area contributed by atoms with Crippen LogP contribution in [0, 0.1) is 15.9 Å². The van der Waals surface area contributed by atoms with Gasteiger partial charge < -0.3 is 9.26 Å². The second kappa shape index (κ2) is 6.22. The van der Waals surface area contributed by atoms with Crippen LogP contribution in [0.25, 0.3) is 11.4 Å². The number of nitro benzene ring substituents is 1. The smallest absolute Gasteiger partial charge is 0.269 e. The highest BCUT2D eigenvalue weighted by Crippen LogP contribution is 2.20. The first-order valence-electron chi connectivity index (χ1n) is 6.57. The van der Waals surface area contributed by atoms with Crippen LogP contribution in [-0.2, 0) is 6.61 Å². The molecule has 0 fully saturated rings. The normalized spacial score (nSPS) is 10.5. The van der Waals surface area contributed by atoms with Gasteiger partial charge in [-0.2, -0.15) is 4.98 Å². The van der Waals surface area contributed by atoms with E-state index in [1.165, 1.54) is 48.5 Å². The predicted molar refractivity (Wildman–Crippen MR) is 77.1 cm³/mol. The second-order valence-corrected chi connectivity index (χ2v) is 4.56. The van der Waals surface area contributed by atoms with Gasteiger partial charge in [-0.1, -0.05) is 5.16 Å². The predicted octanol–water partition coefficient (Wildman–Crippen LogP) is 3.36. The summed E-state index contributed by atoms with van der Waals surface area (Å²) in [6.07, 6.45) is 0. The van der Waals surface area contributed by atoms with Gasteiger partial charge >= 0.3 is 0 Å². The lowest BCUT2D eigenvalue weighted by Gasteiger charge is -2.01. The summed E-state index contributed by atoms with van der Waals surface area (Å²) in [5.41, 5.74) is 0.574. The molecule has 0 aliphatic heterocycles. The van der Waals surface area contributed by atoms with Crippen LogP contribution >= 0.6 is 0 Å². The monoisotopic (exact) mass is 315 g/mol. The fourth-order valence-electron chi connectivity index (χ4n) is 1.84. The number of rotatable bonds is 5. The first kappa shape index (κ1) is 14.6. The molecule has 0 amide bonds. The van der Waals surface area contributed by atoms with Gasteiger partial charge in [-0.25, -0.2) is 4.39 Å². The van der Waals surface area contributed by atoms with Crippen LogP contribution in [0.3, 0.4) is 0 Å². The summed E-state index contributed by atoms with van der Waals surface area (Å²) in [6.45, 7) is 0.0333. The Hall–Kier alpha value is -3.29. The molecule has 0 aliphatic rings. The van der Waals surface area contributed by atoms with E-state index in [4.69, 9.17) is 9.26 Å². The van der Waals surface area contributed by atoms with Crippen molar-refractivity contribution >= 4 is 5.69 Å². The average Bonchev–Trinajstić information content (AvgIpc) is 3.03. The van der Waals surface area contributed by atoms with E-state index < -0.39 is 4.92 Å². The number of non-ortho nitro benzene ring substituents is 1. The molecule has 0 unspecified atom stereocenters. The topological polar surface area (TPSA) is 91.3 Å². The van der Waals surface area contributed by atoms with Crippen LogP contribution in [0.5, 0.6) is 5.75 Å². The second-order valence-electron chi connectivity index (χ2n) is 4.56. The van der Waals surface area contributed by atoms with E-state index in [1.54, 1.807) is 0 Å². The summed E-state index contributed by atoms with van der Waals surface area (Å²) < 4.78 is 23.2. The summed E-state index contributed by atoms with van der Waals surface area (Å²) in [4.78, 5) is 14.3. The summed E-state index contributed by atoms with van der Waals surface area (Å²) in [5, 5.41) is 14.4. The molecule has 1 aromatic heterocycles. The molecule has 1 heterocycles. The Kier molecular flexibility index (Phi) is 3.96. The Morgan fingerprint density at radius 2 is 1.83 bits per heavy atom. The van der Waals surface area contributed by atoms with Gasteiger partial charge in [0.1, 0.15) is 11.6 Å². The molecule has 0 spiro atoms. The van der Waals surface area contributed by atoms with Crippen LogP contribution in [0.15, 0.2) is 53.1 Å². The molecule has 0 radical (unpaired) electrons. The zero-order valence-electron chi connectivity index (χ0n) is 11.7. The number of hydrogen-bond acceptors (Lipinski definition) is 6. The van der Waals surface area contributed by atoms with E-state index in [0.29, 0.717) is 17.1 Å². The van der Waals surface area contributed by atoms with Crippen molar-refractivity contribution in [3.63, 3.8) is 0 Å². The highest BCUT2D eigenvalue weighted by Gasteiger charge is 2.11. The molecular weight excluding hydrogens is 305 g/mol. The highest BCUT2D eigenvalue weighted by atomic mass is 19.1. The number of aromatic nitrogens is 2. The van der Waals surface area contributed by atoms with Crippen molar-refractivity contribution in [2.75, 3.05) is 0 Å². The van der Waals surface area contributed by atoms with E-state index >= 15 is 0 Å². The minimum Gasteiger partial charge on any atom is -0.484 e. The Balaban J connectivity index is 1.67. The molecule has 0 bridgehead atoms. The molecule has 7 nitrogen and oxygen atoms in total. The molecule has 0 aliphatic carbocycles. The Bertz CT molecular complexity index is 815. The zero-order chi connectivity index (χ0) is 16.2. The number of halogens is 1. The molecule has 3 rings (SSSR count). The van der Waals surface area contributed by atoms with Gasteiger partial charge in [0, 0.05) is 17.7 Å². The van der Waals surface area contributed by atoms with E-state index in [-0.39, 0.29) is 24.0 Å². The maximum atomic E-state index is 12.8. The lowest BCUT2D eigenvalue weighted by molar-refractivity contribution is -0.384. The van der Waals surface area contributed by atoms with Crippen molar-refractivity contribution in [1.29, 1.82) is 0 Å². The molecule has 0 N–H and O–H groups in total. The minimum atomic E-state index is -0.484. The fourth-order valence-corrected chi connectivity index (χ4v) is 1.84. The van der Waals surface area contributed by atoms with E-state index in [2.05, 4.69) is 10.1 Å².